The van der Waals surface area contributed by atoms with Gasteiger partial charge in [-0.2, -0.15) is 0 Å². The predicted molar refractivity (Wildman–Crippen MR) is 115 cm³/mol. The second-order valence-corrected chi connectivity index (χ2v) is 7.57. The van der Waals surface area contributed by atoms with Crippen LogP contribution in [0.5, 0.6) is 0 Å². The Labute approximate surface area is 171 Å². The number of hydrogen-bond acceptors (Lipinski definition) is 3. The maximum absolute atomic E-state index is 5.65. The highest BCUT2D eigenvalue weighted by Crippen LogP contribution is 2.40. The monoisotopic (exact) mass is 391 g/mol. The van der Waals surface area contributed by atoms with Crippen LogP contribution in [0.3, 0.4) is 0 Å². The van der Waals surface area contributed by atoms with Crippen molar-refractivity contribution in [3.63, 3.8) is 0 Å². The zero-order chi connectivity index (χ0) is 19.7. The maximum atomic E-state index is 5.65. The van der Waals surface area contributed by atoms with Crippen molar-refractivity contribution in [3.05, 3.63) is 83.2 Å². The summed E-state index contributed by atoms with van der Waals surface area (Å²) in [6, 6.07) is 12.7. The number of likely N-dealkylation sites (N-methyl/N-ethyl adjacent to an activating group) is 1. The van der Waals surface area contributed by atoms with Crippen LogP contribution in [0.2, 0.25) is 0 Å². The highest BCUT2D eigenvalue weighted by Gasteiger charge is 2.40. The van der Waals surface area contributed by atoms with Crippen molar-refractivity contribution in [1.82, 2.24) is 24.8 Å². The van der Waals surface area contributed by atoms with Crippen LogP contribution in [0.25, 0.3) is 0 Å². The summed E-state index contributed by atoms with van der Waals surface area (Å²) in [6.07, 6.45) is 5.54. The Kier molecular flexibility index (Phi) is 5.13. The summed E-state index contributed by atoms with van der Waals surface area (Å²) in [5, 5.41) is 4.30. The molecule has 0 bridgehead atoms. The number of nitrogens with zero attached hydrogens (tertiary/aromatic N) is 4. The Morgan fingerprint density at radius 2 is 1.89 bits per heavy atom. The average molecular weight is 392 g/mol. The lowest BCUT2D eigenvalue weighted by Gasteiger charge is -2.27. The molecular formula is C22H25N5S. The lowest BCUT2D eigenvalue weighted by molar-refractivity contribution is 0.329. The number of nitrogens with one attached hydrogen (secondary N) is 1. The third kappa shape index (κ3) is 3.29. The van der Waals surface area contributed by atoms with Gasteiger partial charge in [-0.15, -0.1) is 0 Å². The van der Waals surface area contributed by atoms with Crippen molar-refractivity contribution in [2.24, 2.45) is 0 Å². The molecule has 1 fully saturated rings. The fraction of sp³-hybridized carbons (Fsp3) is 0.318. The lowest BCUT2D eigenvalue weighted by Crippen LogP contribution is -2.29. The highest BCUT2D eigenvalue weighted by atomic mass is 32.1. The summed E-state index contributed by atoms with van der Waals surface area (Å²) >= 11 is 5.65. The summed E-state index contributed by atoms with van der Waals surface area (Å²) in [7, 11) is 0. The van der Waals surface area contributed by atoms with Gasteiger partial charge in [0.2, 0.25) is 0 Å². The first kappa shape index (κ1) is 18.6. The molecule has 0 unspecified atom stereocenters. The van der Waals surface area contributed by atoms with E-state index in [4.69, 9.17) is 12.2 Å². The summed E-state index contributed by atoms with van der Waals surface area (Å²) in [4.78, 5) is 11.0. The Balaban J connectivity index is 1.75. The summed E-state index contributed by atoms with van der Waals surface area (Å²) in [5.74, 6) is 0. The Bertz CT molecular complexity index is 967. The van der Waals surface area contributed by atoms with Crippen LogP contribution in [0.15, 0.2) is 55.0 Å². The molecule has 5 nitrogen and oxygen atoms in total. The number of thiocarbonyl (C=S) groups is 1. The van der Waals surface area contributed by atoms with Crippen LogP contribution in [0, 0.1) is 13.8 Å². The van der Waals surface area contributed by atoms with Gasteiger partial charge in [-0.25, -0.2) is 0 Å². The largest absolute Gasteiger partial charge is 0.352 e. The van der Waals surface area contributed by atoms with Crippen LogP contribution in [-0.2, 0) is 6.54 Å². The van der Waals surface area contributed by atoms with Gasteiger partial charge in [0.1, 0.15) is 0 Å². The SMILES string of the molecule is CCN1C(=S)N[C@@H](c2ccccn2)[C@@H]1c1cc(C)n(Cc2ccncc2)c1C. The fourth-order valence-corrected chi connectivity index (χ4v) is 4.50. The number of rotatable bonds is 5. The quantitative estimate of drug-likeness (QED) is 0.668. The molecule has 0 aliphatic carbocycles. The zero-order valence-electron chi connectivity index (χ0n) is 16.5. The number of aromatic nitrogens is 3. The molecule has 0 spiro atoms. The van der Waals surface area contributed by atoms with Crippen LogP contribution in [0.4, 0.5) is 0 Å². The molecule has 6 heteroatoms. The van der Waals surface area contributed by atoms with Gasteiger partial charge >= 0.3 is 0 Å². The van der Waals surface area contributed by atoms with Crippen molar-refractivity contribution < 1.29 is 0 Å². The summed E-state index contributed by atoms with van der Waals surface area (Å²) in [5.41, 5.74) is 6.08. The molecule has 0 aromatic carbocycles. The molecule has 4 rings (SSSR count). The van der Waals surface area contributed by atoms with Gasteiger partial charge in [-0.3, -0.25) is 9.97 Å². The molecule has 4 heterocycles. The summed E-state index contributed by atoms with van der Waals surface area (Å²) in [6.45, 7) is 8.22. The van der Waals surface area contributed by atoms with Crippen LogP contribution < -0.4 is 5.32 Å². The van der Waals surface area contributed by atoms with Gasteiger partial charge in [-0.05, 0) is 74.4 Å². The van der Waals surface area contributed by atoms with Crippen LogP contribution >= 0.6 is 12.2 Å². The minimum atomic E-state index is 0.0449. The van der Waals surface area contributed by atoms with Crippen molar-refractivity contribution in [2.75, 3.05) is 6.54 Å². The lowest BCUT2D eigenvalue weighted by atomic mass is 9.97. The molecule has 3 aromatic rings. The molecule has 3 aromatic heterocycles. The molecule has 0 amide bonds. The van der Waals surface area contributed by atoms with Crippen molar-refractivity contribution in [1.29, 1.82) is 0 Å². The maximum Gasteiger partial charge on any atom is 0.170 e. The minimum absolute atomic E-state index is 0.0449. The van der Waals surface area contributed by atoms with Gasteiger partial charge in [0.25, 0.3) is 0 Å². The van der Waals surface area contributed by atoms with Gasteiger partial charge in [0, 0.05) is 43.1 Å². The third-order valence-corrected chi connectivity index (χ3v) is 5.91. The molecule has 28 heavy (non-hydrogen) atoms. The Hall–Kier alpha value is -2.73. The molecular weight excluding hydrogens is 366 g/mol. The van der Waals surface area contributed by atoms with E-state index in [0.717, 1.165) is 23.9 Å². The Morgan fingerprint density at radius 3 is 2.57 bits per heavy atom. The molecule has 0 saturated carbocycles. The molecule has 1 aliphatic heterocycles. The fourth-order valence-electron chi connectivity index (χ4n) is 4.13. The summed E-state index contributed by atoms with van der Waals surface area (Å²) < 4.78 is 2.37. The van der Waals surface area contributed by atoms with E-state index in [1.165, 1.54) is 22.5 Å². The van der Waals surface area contributed by atoms with Gasteiger partial charge in [-0.1, -0.05) is 6.07 Å². The second-order valence-electron chi connectivity index (χ2n) is 7.18. The molecule has 1 saturated heterocycles. The minimum Gasteiger partial charge on any atom is -0.352 e. The number of hydrogen-bond donors (Lipinski definition) is 1. The molecule has 1 N–H and O–H groups in total. The first-order valence-corrected chi connectivity index (χ1v) is 10.0. The van der Waals surface area contributed by atoms with E-state index in [0.29, 0.717) is 0 Å². The van der Waals surface area contributed by atoms with E-state index in [1.807, 2.05) is 30.7 Å². The smallest absolute Gasteiger partial charge is 0.170 e. The average Bonchev–Trinajstić information content (AvgIpc) is 3.20. The second kappa shape index (κ2) is 7.72. The standard InChI is InChI=1S/C22H25N5S/c1-4-26-21(20(25-22(26)28)19-7-5-6-10-24-19)18-13-15(2)27(16(18)3)14-17-8-11-23-12-9-17/h5-13,20-21H,4,14H2,1-3H3,(H,25,28)/t20-,21-/m0/s1. The van der Waals surface area contributed by atoms with E-state index < -0.39 is 0 Å². The molecule has 0 radical (unpaired) electrons. The first-order chi connectivity index (χ1) is 13.6. The zero-order valence-corrected chi connectivity index (χ0v) is 17.3. The van der Waals surface area contributed by atoms with Crippen LogP contribution in [0.1, 0.15) is 47.2 Å². The molecule has 144 valence electrons. The van der Waals surface area contributed by atoms with Crippen LogP contribution in [-0.4, -0.2) is 31.1 Å². The normalized spacial score (nSPS) is 19.1. The first-order valence-electron chi connectivity index (χ1n) is 9.63. The molecule has 1 aliphatic rings. The van der Waals surface area contributed by atoms with Gasteiger partial charge in [0.05, 0.1) is 17.8 Å². The topological polar surface area (TPSA) is 46.0 Å². The van der Waals surface area contributed by atoms with E-state index in [1.54, 1.807) is 0 Å². The van der Waals surface area contributed by atoms with E-state index in [2.05, 4.69) is 69.8 Å². The predicted octanol–water partition coefficient (Wildman–Crippen LogP) is 3.94. The number of aryl methyl sites for hydroxylation is 1. The van der Waals surface area contributed by atoms with Gasteiger partial charge in [0.15, 0.2) is 5.11 Å². The Morgan fingerprint density at radius 1 is 1.11 bits per heavy atom. The van der Waals surface area contributed by atoms with Crippen molar-refractivity contribution in [3.8, 4) is 0 Å². The third-order valence-electron chi connectivity index (χ3n) is 5.56. The van der Waals surface area contributed by atoms with Crippen molar-refractivity contribution in [2.45, 2.75) is 39.4 Å². The van der Waals surface area contributed by atoms with Gasteiger partial charge < -0.3 is 14.8 Å². The number of pyridine rings is 2. The molecule has 2 atom stereocenters. The van der Waals surface area contributed by atoms with E-state index >= 15 is 0 Å². The van der Waals surface area contributed by atoms with E-state index in [-0.39, 0.29) is 12.1 Å². The highest BCUT2D eigenvalue weighted by molar-refractivity contribution is 7.80. The van der Waals surface area contributed by atoms with Crippen molar-refractivity contribution >= 4 is 17.3 Å². The van der Waals surface area contributed by atoms with E-state index in [9.17, 15) is 0 Å².